The zero-order valence-corrected chi connectivity index (χ0v) is 15.5. The Morgan fingerprint density at radius 2 is 1.95 bits per heavy atom. The van der Waals surface area contributed by atoms with Crippen LogP contribution in [0.4, 0.5) is 0 Å². The molecule has 2 unspecified atom stereocenters. The first-order chi connectivity index (χ1) is 8.25. The summed E-state index contributed by atoms with van der Waals surface area (Å²) < 4.78 is 2.83. The van der Waals surface area contributed by atoms with E-state index in [4.69, 9.17) is 0 Å². The molecule has 0 nitrogen and oxygen atoms in total. The third-order valence-electron chi connectivity index (χ3n) is 4.38. The molecule has 0 N–H and O–H groups in total. The Morgan fingerprint density at radius 3 is 2.63 bits per heavy atom. The molecule has 0 bridgehead atoms. The van der Waals surface area contributed by atoms with E-state index in [1.165, 1.54) is 25.7 Å². The minimum atomic E-state index is -0.397. The quantitative estimate of drug-likeness (QED) is 0.569. The van der Waals surface area contributed by atoms with Gasteiger partial charge in [0.2, 0.25) is 0 Å². The summed E-state index contributed by atoms with van der Waals surface area (Å²) in [4.78, 5) is 0. The number of hydrogen-bond donors (Lipinski definition) is 0. The molecule has 1 fully saturated rings. The summed E-state index contributed by atoms with van der Waals surface area (Å²) in [6.45, 7) is 4.68. The van der Waals surface area contributed by atoms with Crippen LogP contribution < -0.4 is 24.8 Å². The van der Waals surface area contributed by atoms with Crippen LogP contribution in [0.5, 0.6) is 0 Å². The maximum absolute atomic E-state index is 2.44. The van der Waals surface area contributed by atoms with Gasteiger partial charge in [0.15, 0.2) is 0 Å². The molecule has 0 spiro atoms. The van der Waals surface area contributed by atoms with Crippen molar-refractivity contribution < 1.29 is 48.0 Å². The molecule has 0 radical (unpaired) electrons. The maximum atomic E-state index is 2.44. The number of allylic oxidation sites excluding steroid dienone is 8. The fourth-order valence-corrected chi connectivity index (χ4v) is 7.84. The minimum Gasteiger partial charge on any atom is -1.00 e. The summed E-state index contributed by atoms with van der Waals surface area (Å²) in [5.41, 5.74) is 5.12. The molecular formula is C16H20Cl2Zr. The van der Waals surface area contributed by atoms with E-state index in [1.54, 1.807) is 11.1 Å². The van der Waals surface area contributed by atoms with Gasteiger partial charge in [-0.05, 0) is 0 Å². The van der Waals surface area contributed by atoms with Crippen molar-refractivity contribution in [3.63, 3.8) is 0 Å². The van der Waals surface area contributed by atoms with Gasteiger partial charge in [-0.1, -0.05) is 0 Å². The molecular weight excluding hydrogens is 354 g/mol. The molecule has 0 saturated heterocycles. The van der Waals surface area contributed by atoms with Crippen LogP contribution in [0.1, 0.15) is 39.5 Å². The molecule has 3 rings (SSSR count). The van der Waals surface area contributed by atoms with Crippen LogP contribution in [0, 0.1) is 5.92 Å². The Morgan fingerprint density at radius 1 is 1.16 bits per heavy atom. The maximum Gasteiger partial charge on any atom is -1.00 e. The van der Waals surface area contributed by atoms with Gasteiger partial charge in [-0.15, -0.1) is 0 Å². The summed E-state index contributed by atoms with van der Waals surface area (Å²) in [6, 6.07) is 0. The van der Waals surface area contributed by atoms with Gasteiger partial charge in [-0.3, -0.25) is 0 Å². The van der Waals surface area contributed by atoms with Crippen LogP contribution >= 0.6 is 0 Å². The number of hydrogen-bond acceptors (Lipinski definition) is 0. The molecule has 0 aromatic rings. The summed E-state index contributed by atoms with van der Waals surface area (Å²) in [7, 11) is 0. The van der Waals surface area contributed by atoms with Gasteiger partial charge >= 0.3 is 117 Å². The Kier molecular flexibility index (Phi) is 6.84. The van der Waals surface area contributed by atoms with Crippen LogP contribution in [0.2, 0.25) is 3.63 Å². The van der Waals surface area contributed by atoms with Gasteiger partial charge in [0.1, 0.15) is 0 Å². The zero-order chi connectivity index (χ0) is 11.8. The Balaban J connectivity index is 0.000000902. The molecule has 2 atom stereocenters. The van der Waals surface area contributed by atoms with E-state index in [0.29, 0.717) is 0 Å². The monoisotopic (exact) mass is 372 g/mol. The van der Waals surface area contributed by atoms with Crippen molar-refractivity contribution >= 4 is 0 Å². The Labute approximate surface area is 140 Å². The standard InChI is InChI=1S/C9H11.C7H9.2ClH.Zr/c1-2-5-9-7-3-6-8(9)4-1;1-6-3-4-7(2)5-6;;;/h1-2,4,6,9H,3,5,7H2;3H,4H2,1-2H3;2*1H;/q;;;;+2/p-2. The third-order valence-corrected chi connectivity index (χ3v) is 9.49. The second kappa shape index (κ2) is 7.44. The predicted octanol–water partition coefficient (Wildman–Crippen LogP) is -1.21. The number of rotatable bonds is 2. The third kappa shape index (κ3) is 3.55. The average molecular weight is 374 g/mol. The first-order valence-corrected chi connectivity index (χ1v) is 9.40. The molecule has 3 heteroatoms. The number of halogens is 2. The molecule has 3 aliphatic rings. The van der Waals surface area contributed by atoms with E-state index in [1.807, 2.05) is 8.85 Å². The predicted molar refractivity (Wildman–Crippen MR) is 69.4 cm³/mol. The fraction of sp³-hybridized carbons (Fsp3) is 0.500. The minimum absolute atomic E-state index is 0. The first kappa shape index (κ1) is 17.5. The normalized spacial score (nSPS) is 27.9. The van der Waals surface area contributed by atoms with Crippen molar-refractivity contribution in [3.8, 4) is 0 Å². The van der Waals surface area contributed by atoms with Crippen LogP contribution in [0.15, 0.2) is 44.3 Å². The molecule has 102 valence electrons. The van der Waals surface area contributed by atoms with Gasteiger partial charge < -0.3 is 24.8 Å². The Bertz CT molecular complexity index is 457. The van der Waals surface area contributed by atoms with E-state index in [0.717, 1.165) is 9.54 Å². The van der Waals surface area contributed by atoms with Crippen molar-refractivity contribution in [2.24, 2.45) is 5.92 Å². The second-order valence-corrected chi connectivity index (χ2v) is 9.20. The van der Waals surface area contributed by atoms with Crippen LogP contribution in [-0.2, 0) is 23.2 Å². The first-order valence-electron chi connectivity index (χ1n) is 6.75. The molecule has 0 aromatic carbocycles. The molecule has 0 amide bonds. The van der Waals surface area contributed by atoms with Gasteiger partial charge in [0.25, 0.3) is 0 Å². The SMILES string of the molecule is CC1=CCC(C)=[C]1[Zr+2][CH]1CCC2CC=CC=C21.[Cl-].[Cl-]. The molecule has 0 heterocycles. The smallest absolute Gasteiger partial charge is 1.00 e. The molecule has 0 aromatic heterocycles. The topological polar surface area (TPSA) is 0 Å². The van der Waals surface area contributed by atoms with Gasteiger partial charge in [-0.2, -0.15) is 0 Å². The van der Waals surface area contributed by atoms with Crippen LogP contribution in [0.25, 0.3) is 0 Å². The van der Waals surface area contributed by atoms with Crippen LogP contribution in [0.3, 0.4) is 0 Å². The fourth-order valence-electron chi connectivity index (χ4n) is 3.33. The summed E-state index contributed by atoms with van der Waals surface area (Å²) in [5, 5.41) is 0. The average Bonchev–Trinajstić information content (AvgIpc) is 2.88. The van der Waals surface area contributed by atoms with Crippen LogP contribution in [-0.4, -0.2) is 0 Å². The van der Waals surface area contributed by atoms with E-state index in [2.05, 4.69) is 38.2 Å². The van der Waals surface area contributed by atoms with Gasteiger partial charge in [0, 0.05) is 0 Å². The van der Waals surface area contributed by atoms with Gasteiger partial charge in [-0.25, -0.2) is 0 Å². The molecule has 0 aliphatic heterocycles. The number of fused-ring (bicyclic) bond motifs is 1. The molecule has 3 aliphatic carbocycles. The van der Waals surface area contributed by atoms with E-state index in [-0.39, 0.29) is 24.8 Å². The summed E-state index contributed by atoms with van der Waals surface area (Å²) >= 11 is -0.397. The van der Waals surface area contributed by atoms with Crippen molar-refractivity contribution in [2.75, 3.05) is 0 Å². The molecule has 19 heavy (non-hydrogen) atoms. The van der Waals surface area contributed by atoms with Gasteiger partial charge in [0.05, 0.1) is 0 Å². The van der Waals surface area contributed by atoms with E-state index in [9.17, 15) is 0 Å². The van der Waals surface area contributed by atoms with Crippen molar-refractivity contribution in [1.82, 2.24) is 0 Å². The van der Waals surface area contributed by atoms with E-state index < -0.39 is 23.2 Å². The largest absolute Gasteiger partial charge is 1.00 e. The second-order valence-electron chi connectivity index (χ2n) is 5.55. The Hall–Kier alpha value is 0.423. The van der Waals surface area contributed by atoms with Crippen molar-refractivity contribution in [3.05, 3.63) is 44.3 Å². The van der Waals surface area contributed by atoms with Crippen molar-refractivity contribution in [1.29, 1.82) is 0 Å². The van der Waals surface area contributed by atoms with E-state index >= 15 is 0 Å². The summed E-state index contributed by atoms with van der Waals surface area (Å²) in [5.74, 6) is 0.914. The van der Waals surface area contributed by atoms with Crippen molar-refractivity contribution in [2.45, 2.75) is 43.2 Å². The summed E-state index contributed by atoms with van der Waals surface area (Å²) in [6.07, 6.45) is 15.0. The zero-order valence-electron chi connectivity index (χ0n) is 11.5. The molecule has 1 saturated carbocycles.